The van der Waals surface area contributed by atoms with Gasteiger partial charge in [-0.2, -0.15) is 0 Å². The van der Waals surface area contributed by atoms with Gasteiger partial charge in [0.05, 0.1) is 30.3 Å². The fraction of sp³-hybridized carbons (Fsp3) is 0.522. The van der Waals surface area contributed by atoms with E-state index in [2.05, 4.69) is 19.6 Å². The molecule has 1 saturated heterocycles. The molecule has 0 bridgehead atoms. The number of carbonyl (C=O) groups excluding carboxylic acids is 1. The first-order chi connectivity index (χ1) is 15.7. The summed E-state index contributed by atoms with van der Waals surface area (Å²) in [4.78, 5) is 26.0. The van der Waals surface area contributed by atoms with Crippen LogP contribution < -0.4 is 9.62 Å². The minimum atomic E-state index is -3.72. The summed E-state index contributed by atoms with van der Waals surface area (Å²) in [5, 5.41) is 0. The molecule has 0 aliphatic carbocycles. The molecule has 0 spiro atoms. The fourth-order valence-electron chi connectivity index (χ4n) is 4.34. The van der Waals surface area contributed by atoms with Gasteiger partial charge in [0.15, 0.2) is 0 Å². The summed E-state index contributed by atoms with van der Waals surface area (Å²) in [6, 6.07) is 1.99. The first-order valence-electron chi connectivity index (χ1n) is 11.2. The number of morpholine rings is 1. The van der Waals surface area contributed by atoms with Crippen LogP contribution in [-0.4, -0.2) is 62.0 Å². The zero-order chi connectivity index (χ0) is 23.8. The summed E-state index contributed by atoms with van der Waals surface area (Å²) in [6.45, 7) is 11.2. The second kappa shape index (κ2) is 9.36. The Bertz CT molecular complexity index is 1150. The Kier molecular flexibility index (Phi) is 6.69. The highest BCUT2D eigenvalue weighted by molar-refractivity contribution is 7.89. The number of anilines is 1. The SMILES string of the molecule is Cc1cc(C)c(C)c(S(=O)(=O)NCCC(=O)N2Cc3cnc(N4CCOCC4)nc3C2)c1C. The van der Waals surface area contributed by atoms with Crippen molar-refractivity contribution >= 4 is 21.9 Å². The number of fused-ring (bicyclic) bond motifs is 1. The van der Waals surface area contributed by atoms with Gasteiger partial charge in [0.25, 0.3) is 0 Å². The van der Waals surface area contributed by atoms with Gasteiger partial charge in [0.2, 0.25) is 21.9 Å². The summed E-state index contributed by atoms with van der Waals surface area (Å²) in [5.41, 5.74) is 5.12. The molecule has 3 heterocycles. The van der Waals surface area contributed by atoms with E-state index in [4.69, 9.17) is 4.74 Å². The van der Waals surface area contributed by atoms with Gasteiger partial charge in [-0.15, -0.1) is 0 Å². The van der Waals surface area contributed by atoms with Gasteiger partial charge in [-0.25, -0.2) is 23.1 Å². The van der Waals surface area contributed by atoms with Crippen molar-refractivity contribution in [2.75, 3.05) is 37.7 Å². The predicted octanol–water partition coefficient (Wildman–Crippen LogP) is 1.76. The molecule has 1 fully saturated rings. The Labute approximate surface area is 195 Å². The lowest BCUT2D eigenvalue weighted by Gasteiger charge is -2.26. The molecule has 4 rings (SSSR count). The van der Waals surface area contributed by atoms with Gasteiger partial charge in [-0.1, -0.05) is 6.07 Å². The average Bonchev–Trinajstić information content (AvgIpc) is 3.22. The quantitative estimate of drug-likeness (QED) is 0.682. The van der Waals surface area contributed by atoms with Crippen molar-refractivity contribution in [3.05, 3.63) is 45.8 Å². The third-order valence-corrected chi connectivity index (χ3v) is 8.22. The fourth-order valence-corrected chi connectivity index (χ4v) is 5.98. The molecule has 9 nitrogen and oxygen atoms in total. The Morgan fingerprint density at radius 3 is 2.42 bits per heavy atom. The number of nitrogens with zero attached hydrogens (tertiary/aromatic N) is 4. The number of nitrogens with one attached hydrogen (secondary N) is 1. The molecule has 10 heteroatoms. The Morgan fingerprint density at radius 2 is 1.76 bits per heavy atom. The molecule has 33 heavy (non-hydrogen) atoms. The molecule has 178 valence electrons. The molecule has 0 saturated carbocycles. The van der Waals surface area contributed by atoms with E-state index in [0.29, 0.717) is 37.1 Å². The standard InChI is InChI=1S/C23H31N5O4S/c1-15-11-16(2)18(4)22(17(15)3)33(30,31)25-6-5-21(29)28-13-19-12-24-23(26-20(19)14-28)27-7-9-32-10-8-27/h11-12,25H,5-10,13-14H2,1-4H3. The molecule has 2 aromatic rings. The molecule has 1 N–H and O–H groups in total. The van der Waals surface area contributed by atoms with Crippen molar-refractivity contribution in [3.63, 3.8) is 0 Å². The lowest BCUT2D eigenvalue weighted by atomic mass is 10.0. The largest absolute Gasteiger partial charge is 0.378 e. The van der Waals surface area contributed by atoms with E-state index in [0.717, 1.165) is 46.6 Å². The van der Waals surface area contributed by atoms with E-state index in [1.165, 1.54) is 0 Å². The molecular weight excluding hydrogens is 442 g/mol. The van der Waals surface area contributed by atoms with Gasteiger partial charge in [0.1, 0.15) is 0 Å². The van der Waals surface area contributed by atoms with Crippen molar-refractivity contribution < 1.29 is 17.9 Å². The Morgan fingerprint density at radius 1 is 1.09 bits per heavy atom. The summed E-state index contributed by atoms with van der Waals surface area (Å²) in [5.74, 6) is 0.552. The number of hydrogen-bond donors (Lipinski definition) is 1. The van der Waals surface area contributed by atoms with Crippen LogP contribution in [-0.2, 0) is 32.6 Å². The van der Waals surface area contributed by atoms with Crippen molar-refractivity contribution in [1.82, 2.24) is 19.6 Å². The van der Waals surface area contributed by atoms with Gasteiger partial charge in [0, 0.05) is 44.4 Å². The molecule has 1 amide bonds. The topological polar surface area (TPSA) is 105 Å². The van der Waals surface area contributed by atoms with Gasteiger partial charge in [-0.3, -0.25) is 4.79 Å². The van der Waals surface area contributed by atoms with Crippen molar-refractivity contribution in [2.45, 2.75) is 52.1 Å². The second-order valence-electron chi connectivity index (χ2n) is 8.73. The van der Waals surface area contributed by atoms with Crippen LogP contribution in [0.5, 0.6) is 0 Å². The highest BCUT2D eigenvalue weighted by Crippen LogP contribution is 2.26. The van der Waals surface area contributed by atoms with Crippen LogP contribution >= 0.6 is 0 Å². The first-order valence-corrected chi connectivity index (χ1v) is 12.7. The minimum absolute atomic E-state index is 0.0462. The summed E-state index contributed by atoms with van der Waals surface area (Å²) in [7, 11) is -3.72. The van der Waals surface area contributed by atoms with E-state index in [9.17, 15) is 13.2 Å². The molecule has 1 aromatic heterocycles. The summed E-state index contributed by atoms with van der Waals surface area (Å²) < 4.78 is 34.0. The number of hydrogen-bond acceptors (Lipinski definition) is 7. The lowest BCUT2D eigenvalue weighted by Crippen LogP contribution is -2.37. The van der Waals surface area contributed by atoms with Crippen LogP contribution in [0.25, 0.3) is 0 Å². The van der Waals surface area contributed by atoms with Crippen molar-refractivity contribution in [2.24, 2.45) is 0 Å². The van der Waals surface area contributed by atoms with E-state index in [1.807, 2.05) is 33.8 Å². The molecule has 2 aliphatic heterocycles. The number of carbonyl (C=O) groups is 1. The molecule has 1 aromatic carbocycles. The van der Waals surface area contributed by atoms with Gasteiger partial charge in [-0.05, 0) is 49.9 Å². The highest BCUT2D eigenvalue weighted by Gasteiger charge is 2.27. The normalized spacial score (nSPS) is 16.2. The number of benzene rings is 1. The molecule has 0 radical (unpaired) electrons. The number of sulfonamides is 1. The summed E-state index contributed by atoms with van der Waals surface area (Å²) in [6.07, 6.45) is 1.87. The van der Waals surface area contributed by atoms with E-state index in [1.54, 1.807) is 11.1 Å². The van der Waals surface area contributed by atoms with Crippen LogP contribution in [0.15, 0.2) is 17.2 Å². The van der Waals surface area contributed by atoms with Crippen LogP contribution in [0.3, 0.4) is 0 Å². The van der Waals surface area contributed by atoms with E-state index in [-0.39, 0.29) is 18.9 Å². The first kappa shape index (κ1) is 23.6. The maximum atomic E-state index is 13.0. The average molecular weight is 474 g/mol. The number of ether oxygens (including phenoxy) is 1. The van der Waals surface area contributed by atoms with Gasteiger partial charge >= 0.3 is 0 Å². The molecule has 0 atom stereocenters. The van der Waals surface area contributed by atoms with E-state index < -0.39 is 10.0 Å². The summed E-state index contributed by atoms with van der Waals surface area (Å²) >= 11 is 0. The Balaban J connectivity index is 1.36. The second-order valence-corrected chi connectivity index (χ2v) is 10.4. The highest BCUT2D eigenvalue weighted by atomic mass is 32.2. The van der Waals surface area contributed by atoms with Crippen LogP contribution in [0.4, 0.5) is 5.95 Å². The Hall–Kier alpha value is -2.56. The molecular formula is C23H31N5O4S. The van der Waals surface area contributed by atoms with Crippen LogP contribution in [0, 0.1) is 27.7 Å². The maximum absolute atomic E-state index is 13.0. The predicted molar refractivity (Wildman–Crippen MR) is 125 cm³/mol. The van der Waals surface area contributed by atoms with E-state index >= 15 is 0 Å². The third kappa shape index (κ3) is 4.87. The van der Waals surface area contributed by atoms with Crippen molar-refractivity contribution in [3.8, 4) is 0 Å². The van der Waals surface area contributed by atoms with Crippen molar-refractivity contribution in [1.29, 1.82) is 0 Å². The van der Waals surface area contributed by atoms with Crippen LogP contribution in [0.1, 0.15) is 39.9 Å². The number of amides is 1. The maximum Gasteiger partial charge on any atom is 0.241 e. The minimum Gasteiger partial charge on any atom is -0.378 e. The number of aromatic nitrogens is 2. The third-order valence-electron chi connectivity index (χ3n) is 6.49. The molecule has 2 aliphatic rings. The van der Waals surface area contributed by atoms with Gasteiger partial charge < -0.3 is 14.5 Å². The molecule has 0 unspecified atom stereocenters. The smallest absolute Gasteiger partial charge is 0.241 e. The number of aryl methyl sites for hydroxylation is 2. The van der Waals surface area contributed by atoms with Crippen LogP contribution in [0.2, 0.25) is 0 Å². The zero-order valence-corrected chi connectivity index (χ0v) is 20.5. The monoisotopic (exact) mass is 473 g/mol. The zero-order valence-electron chi connectivity index (χ0n) is 19.6. The number of rotatable bonds is 6. The lowest BCUT2D eigenvalue weighted by molar-refractivity contribution is -0.131.